The van der Waals surface area contributed by atoms with Gasteiger partial charge < -0.3 is 33.8 Å². The van der Waals surface area contributed by atoms with Gasteiger partial charge in [-0.2, -0.15) is 0 Å². The summed E-state index contributed by atoms with van der Waals surface area (Å²) in [5, 5.41) is 10.6. The molecular formula is C83H154O17P2. The quantitative estimate of drug-likeness (QED) is 0.0169. The predicted molar refractivity (Wildman–Crippen MR) is 418 cm³/mol. The lowest BCUT2D eigenvalue weighted by molar-refractivity contribution is -0.161. The first-order chi connectivity index (χ1) is 49.7. The Kier molecular flexibility index (Phi) is 74.0. The summed E-state index contributed by atoms with van der Waals surface area (Å²) in [6.07, 6.45) is 75.1. The van der Waals surface area contributed by atoms with Crippen LogP contribution in [-0.2, 0) is 65.4 Å². The number of hydrogen-bond donors (Lipinski definition) is 3. The molecule has 0 spiro atoms. The highest BCUT2D eigenvalue weighted by molar-refractivity contribution is 7.47. The van der Waals surface area contributed by atoms with Gasteiger partial charge in [-0.3, -0.25) is 37.3 Å². The summed E-state index contributed by atoms with van der Waals surface area (Å²) in [6.45, 7) is 4.90. The number of ether oxygens (including phenoxy) is 4. The van der Waals surface area contributed by atoms with Gasteiger partial charge in [-0.1, -0.05) is 359 Å². The molecule has 0 rings (SSSR count). The summed E-state index contributed by atoms with van der Waals surface area (Å²) in [7, 11) is -9.95. The Bertz CT molecular complexity index is 2120. The Morgan fingerprint density at radius 3 is 0.775 bits per heavy atom. The van der Waals surface area contributed by atoms with E-state index in [1.54, 1.807) is 0 Å². The van der Waals surface area contributed by atoms with Crippen molar-refractivity contribution in [2.45, 2.75) is 418 Å². The standard InChI is InChI=1S/C83H154O17P2/c1-5-9-13-17-21-25-29-33-36-38-41-45-48-52-56-60-64-68-81(86)94-73-78(99-82(87)69-65-61-57-53-49-43-32-28-24-20-16-12-8-4)75-97-101(89,90)95-71-77(84)72-96-102(91,92)98-76-79(74-93-80(85)67-63-59-55-51-47-44-40-35-31-27-23-19-15-11-7-3)100-83(88)70-66-62-58-54-50-46-42-39-37-34-30-26-22-18-14-10-6-2/h22,26,34,37,42,46,54,58,77-79,84H,5-21,23-25,27-33,35-36,38-41,43-45,47-53,55-57,59-76H2,1-4H3,(H,89,90)(H,91,92)/b26-22-,37-34-,46-42-,58-54-/t77-,78-,79-/m1/s1. The van der Waals surface area contributed by atoms with Crippen LogP contribution in [0.2, 0.25) is 0 Å². The molecular weight excluding hydrogens is 1330 g/mol. The van der Waals surface area contributed by atoms with E-state index in [9.17, 15) is 43.2 Å². The van der Waals surface area contributed by atoms with Crippen molar-refractivity contribution in [3.8, 4) is 0 Å². The molecule has 0 fully saturated rings. The van der Waals surface area contributed by atoms with Crippen LogP contribution < -0.4 is 0 Å². The molecule has 17 nitrogen and oxygen atoms in total. The van der Waals surface area contributed by atoms with Crippen LogP contribution in [0.15, 0.2) is 48.6 Å². The zero-order valence-electron chi connectivity index (χ0n) is 65.6. The zero-order valence-corrected chi connectivity index (χ0v) is 67.3. The van der Waals surface area contributed by atoms with Gasteiger partial charge in [-0.15, -0.1) is 0 Å². The van der Waals surface area contributed by atoms with Gasteiger partial charge in [0.15, 0.2) is 12.2 Å². The van der Waals surface area contributed by atoms with Crippen molar-refractivity contribution in [3.05, 3.63) is 48.6 Å². The second kappa shape index (κ2) is 76.2. The number of phosphoric acid groups is 2. The zero-order chi connectivity index (χ0) is 74.6. The summed E-state index contributed by atoms with van der Waals surface area (Å²) in [6, 6.07) is 0. The lowest BCUT2D eigenvalue weighted by Crippen LogP contribution is -2.30. The minimum atomic E-state index is -4.98. The Labute approximate surface area is 623 Å². The van der Waals surface area contributed by atoms with Gasteiger partial charge in [0.1, 0.15) is 19.3 Å². The van der Waals surface area contributed by atoms with Crippen molar-refractivity contribution in [2.24, 2.45) is 0 Å². The number of carbonyl (C=O) groups excluding carboxylic acids is 4. The molecule has 0 aliphatic rings. The smallest absolute Gasteiger partial charge is 0.462 e. The average Bonchev–Trinajstić information content (AvgIpc) is 0.907. The van der Waals surface area contributed by atoms with Gasteiger partial charge in [0.25, 0.3) is 0 Å². The molecule has 0 aromatic carbocycles. The fourth-order valence-corrected chi connectivity index (χ4v) is 13.5. The van der Waals surface area contributed by atoms with Crippen molar-refractivity contribution in [2.75, 3.05) is 39.6 Å². The molecule has 5 atom stereocenters. The number of aliphatic hydroxyl groups excluding tert-OH is 1. The first-order valence-electron chi connectivity index (χ1n) is 41.9. The van der Waals surface area contributed by atoms with Gasteiger partial charge in [-0.25, -0.2) is 9.13 Å². The van der Waals surface area contributed by atoms with Crippen LogP contribution in [0.5, 0.6) is 0 Å². The molecule has 0 aromatic heterocycles. The monoisotopic (exact) mass is 1490 g/mol. The maximum absolute atomic E-state index is 13.1. The van der Waals surface area contributed by atoms with Crippen LogP contribution >= 0.6 is 15.6 Å². The fraction of sp³-hybridized carbons (Fsp3) is 0.855. The van der Waals surface area contributed by atoms with Crippen molar-refractivity contribution in [3.63, 3.8) is 0 Å². The fourth-order valence-electron chi connectivity index (χ4n) is 11.9. The molecule has 0 heterocycles. The highest BCUT2D eigenvalue weighted by atomic mass is 31.2. The Balaban J connectivity index is 5.34. The third-order valence-corrected chi connectivity index (χ3v) is 20.2. The number of aliphatic hydroxyl groups is 1. The highest BCUT2D eigenvalue weighted by Crippen LogP contribution is 2.45. The molecule has 0 saturated carbocycles. The molecule has 598 valence electrons. The number of esters is 4. The first kappa shape index (κ1) is 99.0. The van der Waals surface area contributed by atoms with E-state index in [0.29, 0.717) is 32.1 Å². The third kappa shape index (κ3) is 75.3. The summed E-state index contributed by atoms with van der Waals surface area (Å²) in [4.78, 5) is 73.1. The molecule has 0 aromatic rings. The van der Waals surface area contributed by atoms with E-state index in [-0.39, 0.29) is 25.7 Å². The highest BCUT2D eigenvalue weighted by Gasteiger charge is 2.30. The minimum absolute atomic E-state index is 0.0257. The van der Waals surface area contributed by atoms with E-state index in [1.165, 1.54) is 225 Å². The van der Waals surface area contributed by atoms with Crippen LogP contribution in [0.4, 0.5) is 0 Å². The van der Waals surface area contributed by atoms with E-state index in [2.05, 4.69) is 64.2 Å². The molecule has 2 unspecified atom stereocenters. The third-order valence-electron chi connectivity index (χ3n) is 18.3. The molecule has 0 radical (unpaired) electrons. The predicted octanol–water partition coefficient (Wildman–Crippen LogP) is 24.5. The van der Waals surface area contributed by atoms with Crippen molar-refractivity contribution >= 4 is 39.5 Å². The maximum Gasteiger partial charge on any atom is 0.472 e. The van der Waals surface area contributed by atoms with Gasteiger partial charge in [0.05, 0.1) is 26.4 Å². The van der Waals surface area contributed by atoms with Gasteiger partial charge in [0.2, 0.25) is 0 Å². The molecule has 0 amide bonds. The molecule has 0 aliphatic heterocycles. The van der Waals surface area contributed by atoms with E-state index < -0.39 is 97.5 Å². The summed E-state index contributed by atoms with van der Waals surface area (Å²) in [5.41, 5.74) is 0. The summed E-state index contributed by atoms with van der Waals surface area (Å²) < 4.78 is 68.7. The number of carbonyl (C=O) groups is 4. The number of hydrogen-bond acceptors (Lipinski definition) is 15. The SMILES string of the molecule is CCCCC/C=C\C/C=C\C/C=C\C/C=C\CCCC(=O)O[C@H](COC(=O)CCCCCCCCCCCCCCCCC)COP(=O)(O)OC[C@H](O)COP(=O)(O)OC[C@@H](COC(=O)CCCCCCCCCCCCCCCCCCC)OC(=O)CCCCCCCCCCCCCCC. The molecule has 0 aliphatic carbocycles. The maximum atomic E-state index is 13.1. The second-order valence-corrected chi connectivity index (χ2v) is 31.4. The lowest BCUT2D eigenvalue weighted by atomic mass is 10.0. The van der Waals surface area contributed by atoms with Crippen LogP contribution in [0.3, 0.4) is 0 Å². The van der Waals surface area contributed by atoms with E-state index in [4.69, 9.17) is 37.0 Å². The van der Waals surface area contributed by atoms with Crippen LogP contribution in [0.25, 0.3) is 0 Å². The summed E-state index contributed by atoms with van der Waals surface area (Å²) >= 11 is 0. The molecule has 19 heteroatoms. The van der Waals surface area contributed by atoms with E-state index in [0.717, 1.165) is 89.9 Å². The first-order valence-corrected chi connectivity index (χ1v) is 44.9. The number of phosphoric ester groups is 2. The Morgan fingerprint density at radius 2 is 0.490 bits per heavy atom. The lowest BCUT2D eigenvalue weighted by Gasteiger charge is -2.21. The number of unbranched alkanes of at least 4 members (excludes halogenated alkanes) is 46. The number of allylic oxidation sites excluding steroid dienone is 8. The van der Waals surface area contributed by atoms with E-state index in [1.807, 2.05) is 12.2 Å². The van der Waals surface area contributed by atoms with Gasteiger partial charge in [-0.05, 0) is 64.2 Å². The number of rotatable bonds is 80. The normalized spacial score (nSPS) is 14.1. The van der Waals surface area contributed by atoms with Crippen molar-refractivity contribution < 1.29 is 80.2 Å². The van der Waals surface area contributed by atoms with Crippen LogP contribution in [0, 0.1) is 0 Å². The minimum Gasteiger partial charge on any atom is -0.462 e. The van der Waals surface area contributed by atoms with Crippen molar-refractivity contribution in [1.82, 2.24) is 0 Å². The van der Waals surface area contributed by atoms with Crippen molar-refractivity contribution in [1.29, 1.82) is 0 Å². The molecule has 0 bridgehead atoms. The molecule has 0 saturated heterocycles. The molecule has 3 N–H and O–H groups in total. The second-order valence-electron chi connectivity index (χ2n) is 28.4. The Morgan fingerprint density at radius 1 is 0.275 bits per heavy atom. The van der Waals surface area contributed by atoms with Crippen LogP contribution in [-0.4, -0.2) is 96.7 Å². The molecule has 102 heavy (non-hydrogen) atoms. The summed E-state index contributed by atoms with van der Waals surface area (Å²) in [5.74, 6) is -2.19. The van der Waals surface area contributed by atoms with Gasteiger partial charge in [0, 0.05) is 25.7 Å². The Hall–Kier alpha value is -2.98. The van der Waals surface area contributed by atoms with Crippen LogP contribution in [0.1, 0.15) is 400 Å². The average molecular weight is 1490 g/mol. The van der Waals surface area contributed by atoms with E-state index >= 15 is 0 Å². The topological polar surface area (TPSA) is 237 Å². The van der Waals surface area contributed by atoms with Gasteiger partial charge >= 0.3 is 39.5 Å². The largest absolute Gasteiger partial charge is 0.472 e.